The van der Waals surface area contributed by atoms with Crippen LogP contribution < -0.4 is 4.74 Å². The van der Waals surface area contributed by atoms with Gasteiger partial charge in [-0.15, -0.1) is 0 Å². The summed E-state index contributed by atoms with van der Waals surface area (Å²) in [4.78, 5) is 66.3. The van der Waals surface area contributed by atoms with E-state index in [1.54, 1.807) is 6.07 Å². The molecule has 4 heterocycles. The lowest BCUT2D eigenvalue weighted by Gasteiger charge is -2.50. The molecule has 0 radical (unpaired) electrons. The van der Waals surface area contributed by atoms with Crippen molar-refractivity contribution < 1.29 is 142 Å². The highest BCUT2D eigenvalue weighted by Gasteiger charge is 2.64. The van der Waals surface area contributed by atoms with E-state index >= 15 is 0 Å². The fourth-order valence-electron chi connectivity index (χ4n) is 9.06. The Balaban J connectivity index is 1.39. The second-order valence-electron chi connectivity index (χ2n) is 19.2. The van der Waals surface area contributed by atoms with Gasteiger partial charge in [0.15, 0.2) is 42.6 Å². The number of aromatic hydroxyl groups is 2. The second kappa shape index (κ2) is 28.7. The molecule has 0 saturated carbocycles. The van der Waals surface area contributed by atoms with Crippen molar-refractivity contribution in [2.24, 2.45) is 0 Å². The summed E-state index contributed by atoms with van der Waals surface area (Å²) >= 11 is 0. The number of hydrogen-bond donors (Lipinski definition) is 11. The first-order chi connectivity index (χ1) is 39.6. The van der Waals surface area contributed by atoms with Crippen LogP contribution in [0.25, 0.3) is 12.2 Å². The molecular formula is C54H64O29. The largest absolute Gasteiger partial charge is 0.508 e. The van der Waals surface area contributed by atoms with Crippen LogP contribution in [0, 0.1) is 0 Å². The highest BCUT2D eigenvalue weighted by Crippen LogP contribution is 2.42. The summed E-state index contributed by atoms with van der Waals surface area (Å²) in [5.41, 5.74) is 0.528. The maximum Gasteiger partial charge on any atom is 0.338 e. The van der Waals surface area contributed by atoms with Crippen LogP contribution in [-0.4, -0.2) is 242 Å². The molecule has 0 spiro atoms. The third-order valence-electron chi connectivity index (χ3n) is 13.4. The Kier molecular flexibility index (Phi) is 22.1. The minimum Gasteiger partial charge on any atom is -0.508 e. The van der Waals surface area contributed by atoms with E-state index in [9.17, 15) is 80.1 Å². The molecule has 0 amide bonds. The third kappa shape index (κ3) is 15.7. The number of benzene rings is 3. The van der Waals surface area contributed by atoms with Crippen molar-refractivity contribution in [2.45, 2.75) is 130 Å². The van der Waals surface area contributed by atoms with Crippen molar-refractivity contribution in [3.63, 3.8) is 0 Å². The Morgan fingerprint density at radius 1 is 0.566 bits per heavy atom. The highest BCUT2D eigenvalue weighted by atomic mass is 16.8. The van der Waals surface area contributed by atoms with Crippen molar-refractivity contribution in [1.29, 1.82) is 0 Å². The van der Waals surface area contributed by atoms with E-state index in [0.29, 0.717) is 11.1 Å². The first-order valence-electron chi connectivity index (χ1n) is 25.6. The smallest absolute Gasteiger partial charge is 0.338 e. The monoisotopic (exact) mass is 1180 g/mol. The molecule has 29 heteroatoms. The highest BCUT2D eigenvalue weighted by molar-refractivity contribution is 5.90. The number of esters is 5. The van der Waals surface area contributed by atoms with Gasteiger partial charge in [-0.25, -0.2) is 14.4 Å². The van der Waals surface area contributed by atoms with E-state index in [2.05, 4.69) is 0 Å². The summed E-state index contributed by atoms with van der Waals surface area (Å²) in [5, 5.41) is 120. The van der Waals surface area contributed by atoms with Gasteiger partial charge in [-0.1, -0.05) is 36.4 Å². The van der Waals surface area contributed by atoms with Crippen LogP contribution in [0.1, 0.15) is 35.3 Å². The van der Waals surface area contributed by atoms with Gasteiger partial charge in [0.1, 0.15) is 105 Å². The lowest BCUT2D eigenvalue weighted by Crippen LogP contribution is -2.69. The molecule has 3 aromatic carbocycles. The molecule has 7 rings (SSSR count). The van der Waals surface area contributed by atoms with Gasteiger partial charge in [0.05, 0.1) is 25.9 Å². The van der Waals surface area contributed by atoms with Crippen molar-refractivity contribution in [3.8, 4) is 17.2 Å². The predicted octanol–water partition coefficient (Wildman–Crippen LogP) is -2.79. The lowest BCUT2D eigenvalue weighted by atomic mass is 9.95. The molecule has 0 aliphatic carbocycles. The van der Waals surface area contributed by atoms with Gasteiger partial charge in [-0.3, -0.25) is 9.59 Å². The number of phenolic OH excluding ortho intramolecular Hbond substituents is 2. The number of aliphatic hydroxyl groups excluding tert-OH is 9. The number of methoxy groups -OCH3 is 1. The zero-order chi connectivity index (χ0) is 60.3. The van der Waals surface area contributed by atoms with Crippen molar-refractivity contribution in [2.75, 3.05) is 40.1 Å². The van der Waals surface area contributed by atoms with E-state index in [1.165, 1.54) is 86.0 Å². The average Bonchev–Trinajstić information content (AvgIpc) is 4.00. The molecule has 4 fully saturated rings. The fourth-order valence-corrected chi connectivity index (χ4v) is 9.06. The normalized spacial score (nSPS) is 33.5. The Hall–Kier alpha value is -6.75. The zero-order valence-electron chi connectivity index (χ0n) is 44.4. The Bertz CT molecular complexity index is 2720. The second-order valence-corrected chi connectivity index (χ2v) is 19.2. The van der Waals surface area contributed by atoms with Gasteiger partial charge >= 0.3 is 29.8 Å². The standard InChI is InChI=1S/C54H64O29/c1-25(57)72-22-35-40(64)43(67)45(69)52(76-35)79-47-46(78-38(62)18-12-27-9-14-30(59)15-10-27)36(23-73-26(2)58)77-53(48(47)80-51-44(68)42(66)39(63)33(20-55)75-51)83-54(24-74-37(61)17-13-28-11-16-31(60)32(19-28)71-3)49(41(65)34(21-56)82-54)81-50(70)29-7-5-4-6-8-29/h4-19,33-36,39-49,51-53,55-56,59-60,63-69H,20-24H2,1-3H3/t33-,34-,35-,36-,39-,40-,41-,42+,43+,44-,45-,46-,47+,48-,49+,51+,52+,53+,54+/m1/s1. The maximum absolute atomic E-state index is 14.1. The Morgan fingerprint density at radius 2 is 1.12 bits per heavy atom. The van der Waals surface area contributed by atoms with Crippen molar-refractivity contribution >= 4 is 42.0 Å². The van der Waals surface area contributed by atoms with E-state index in [-0.39, 0.29) is 22.8 Å². The summed E-state index contributed by atoms with van der Waals surface area (Å²) in [5.74, 6) is -8.69. The molecule has 4 aliphatic rings. The number of carbonyl (C=O) groups excluding carboxylic acids is 5. The molecular weight excluding hydrogens is 1110 g/mol. The SMILES string of the molecule is COc1cc(C=CC(=O)OC[C@@]2(O[C@@H]3O[C@H](COC(C)=O)[C@@H](OC(=O)C=Cc4ccc(O)cc4)[C@H](O[C@@H]4O[C@H](COC(C)=O)[C@@H](O)[C@H](O)[C@H]4O)[C@H]3O[C@@H]3O[C@H](CO)[C@@H](O)[C@H](O)[C@H]3O)O[C@H](CO)[C@@H](O)[C@@H]2OC(=O)c2ccccc2)ccc1O. The van der Waals surface area contributed by atoms with E-state index in [4.69, 9.17) is 61.6 Å². The van der Waals surface area contributed by atoms with Crippen LogP contribution in [0.15, 0.2) is 84.9 Å². The molecule has 3 aromatic rings. The van der Waals surface area contributed by atoms with Gasteiger partial charge in [0.25, 0.3) is 0 Å². The molecule has 83 heavy (non-hydrogen) atoms. The third-order valence-corrected chi connectivity index (χ3v) is 13.4. The lowest BCUT2D eigenvalue weighted by molar-refractivity contribution is -0.421. The quantitative estimate of drug-likeness (QED) is 0.0275. The number of phenols is 2. The van der Waals surface area contributed by atoms with Crippen molar-refractivity contribution in [1.82, 2.24) is 0 Å². The van der Waals surface area contributed by atoms with Crippen LogP contribution in [0.3, 0.4) is 0 Å². The average molecular weight is 1180 g/mol. The van der Waals surface area contributed by atoms with Gasteiger partial charge in [0, 0.05) is 26.0 Å². The predicted molar refractivity (Wildman–Crippen MR) is 271 cm³/mol. The summed E-state index contributed by atoms with van der Waals surface area (Å²) in [7, 11) is 1.28. The molecule has 0 unspecified atom stereocenters. The first kappa shape index (κ1) is 63.8. The van der Waals surface area contributed by atoms with Gasteiger partial charge in [-0.2, -0.15) is 0 Å². The summed E-state index contributed by atoms with van der Waals surface area (Å²) in [6, 6.07) is 16.6. The topological polar surface area (TPSA) is 428 Å². The molecule has 4 aliphatic heterocycles. The van der Waals surface area contributed by atoms with Crippen LogP contribution in [-0.2, 0) is 76.0 Å². The van der Waals surface area contributed by atoms with Crippen LogP contribution in [0.2, 0.25) is 0 Å². The number of ether oxygens (including phenoxy) is 13. The van der Waals surface area contributed by atoms with E-state index in [0.717, 1.165) is 26.0 Å². The van der Waals surface area contributed by atoms with Gasteiger partial charge < -0.3 is 118 Å². The minimum absolute atomic E-state index is 0.0317. The number of aliphatic hydroxyl groups is 9. The van der Waals surface area contributed by atoms with Crippen molar-refractivity contribution in [3.05, 3.63) is 102 Å². The summed E-state index contributed by atoms with van der Waals surface area (Å²) < 4.78 is 76.5. The van der Waals surface area contributed by atoms with Gasteiger partial charge in [-0.05, 0) is 59.7 Å². The Morgan fingerprint density at radius 3 is 1.73 bits per heavy atom. The number of rotatable bonds is 22. The molecule has 11 N–H and O–H groups in total. The molecule has 0 bridgehead atoms. The summed E-state index contributed by atoms with van der Waals surface area (Å²) in [6.45, 7) is -3.04. The summed E-state index contributed by atoms with van der Waals surface area (Å²) in [6.07, 6.45) is -33.7. The molecule has 4 saturated heterocycles. The van der Waals surface area contributed by atoms with Crippen LogP contribution in [0.4, 0.5) is 0 Å². The van der Waals surface area contributed by atoms with Gasteiger partial charge in [0.2, 0.25) is 5.79 Å². The van der Waals surface area contributed by atoms with E-state index < -0.39 is 179 Å². The van der Waals surface area contributed by atoms with Crippen LogP contribution >= 0.6 is 0 Å². The van der Waals surface area contributed by atoms with Crippen LogP contribution in [0.5, 0.6) is 17.2 Å². The number of carbonyl (C=O) groups is 5. The number of hydrogen-bond acceptors (Lipinski definition) is 29. The van der Waals surface area contributed by atoms with E-state index in [1.807, 2.05) is 0 Å². The molecule has 29 nitrogen and oxygen atoms in total. The fraction of sp³-hybridized carbons (Fsp3) is 0.500. The minimum atomic E-state index is -2.94. The first-order valence-corrected chi connectivity index (χ1v) is 25.6. The molecule has 19 atom stereocenters. The molecule has 0 aromatic heterocycles. The Labute approximate surface area is 471 Å². The zero-order valence-corrected chi connectivity index (χ0v) is 44.4. The molecule has 454 valence electrons. The maximum atomic E-state index is 14.1.